The quantitative estimate of drug-likeness (QED) is 0.463. The average molecular weight is 450 g/mol. The van der Waals surface area contributed by atoms with E-state index in [9.17, 15) is 22.0 Å². The molecule has 1 aromatic heterocycles. The Kier molecular flexibility index (Phi) is 5.34. The first-order valence-corrected chi connectivity index (χ1v) is 10.6. The van der Waals surface area contributed by atoms with Crippen LogP contribution in [0.3, 0.4) is 0 Å². The average Bonchev–Trinajstić information content (AvgIpc) is 2.80. The maximum absolute atomic E-state index is 14.5. The molecule has 0 saturated heterocycles. The number of anilines is 1. The first-order valence-electron chi connectivity index (χ1n) is 9.07. The molecule has 0 radical (unpaired) electrons. The fourth-order valence-electron chi connectivity index (χ4n) is 2.99. The Balaban J connectivity index is 1.74. The Bertz CT molecular complexity index is 1520. The van der Waals surface area contributed by atoms with E-state index in [-0.39, 0.29) is 27.4 Å². The van der Waals surface area contributed by atoms with Gasteiger partial charge in [-0.05, 0) is 36.4 Å². The summed E-state index contributed by atoms with van der Waals surface area (Å²) in [7, 11) is -4.09. The lowest BCUT2D eigenvalue weighted by molar-refractivity contribution is 0.103. The Morgan fingerprint density at radius 1 is 1.00 bits per heavy atom. The third-order valence-corrected chi connectivity index (χ3v) is 5.89. The van der Waals surface area contributed by atoms with Crippen LogP contribution in [-0.2, 0) is 10.0 Å². The molecule has 0 amide bonds. The zero-order valence-corrected chi connectivity index (χ0v) is 16.9. The fraction of sp³-hybridized carbons (Fsp3) is 0. The second-order valence-electron chi connectivity index (χ2n) is 6.64. The maximum atomic E-state index is 14.5. The number of carbonyl (C=O) groups excluding carboxylic acids is 1. The number of rotatable bonds is 5. The molecule has 0 aliphatic heterocycles. The topological polar surface area (TPSA) is 113 Å². The number of hydrogen-bond donors (Lipinski definition) is 1. The number of hydrogen-bond acceptors (Lipinski definition) is 6. The van der Waals surface area contributed by atoms with Gasteiger partial charge in [0.2, 0.25) is 0 Å². The maximum Gasteiger partial charge on any atom is 0.261 e. The summed E-state index contributed by atoms with van der Waals surface area (Å²) < 4.78 is 55.8. The number of fused-ring (bicyclic) bond motifs is 1. The summed E-state index contributed by atoms with van der Waals surface area (Å²) in [5, 5.41) is 8.96. The van der Waals surface area contributed by atoms with E-state index in [1.807, 2.05) is 6.07 Å². The van der Waals surface area contributed by atoms with Gasteiger partial charge >= 0.3 is 0 Å². The zero-order valence-electron chi connectivity index (χ0n) is 16.1. The lowest BCUT2D eigenvalue weighted by Gasteiger charge is -2.11. The van der Waals surface area contributed by atoms with Crippen LogP contribution in [0.1, 0.15) is 21.6 Å². The summed E-state index contributed by atoms with van der Waals surface area (Å²) in [5.74, 6) is -3.71. The van der Waals surface area contributed by atoms with Crippen molar-refractivity contribution >= 4 is 32.5 Å². The second kappa shape index (κ2) is 8.13. The molecule has 1 heterocycles. The highest BCUT2D eigenvalue weighted by Crippen LogP contribution is 2.25. The van der Waals surface area contributed by atoms with E-state index >= 15 is 0 Å². The number of sulfonamides is 1. The van der Waals surface area contributed by atoms with Gasteiger partial charge in [0.15, 0.2) is 23.1 Å². The number of benzene rings is 3. The van der Waals surface area contributed by atoms with Crippen LogP contribution in [0.15, 0.2) is 71.8 Å². The predicted molar refractivity (Wildman–Crippen MR) is 111 cm³/mol. The minimum absolute atomic E-state index is 0.0247. The highest BCUT2D eigenvalue weighted by Gasteiger charge is 2.22. The van der Waals surface area contributed by atoms with E-state index < -0.39 is 33.0 Å². The predicted octanol–water partition coefficient (Wildman–Crippen LogP) is 3.81. The summed E-state index contributed by atoms with van der Waals surface area (Å²) in [6.45, 7) is 0. The lowest BCUT2D eigenvalue weighted by atomic mass is 10.0. The van der Waals surface area contributed by atoms with Gasteiger partial charge in [0, 0.05) is 11.6 Å². The summed E-state index contributed by atoms with van der Waals surface area (Å²) >= 11 is 0. The van der Waals surface area contributed by atoms with Gasteiger partial charge in [-0.1, -0.05) is 18.2 Å². The molecule has 7 nitrogen and oxygen atoms in total. The van der Waals surface area contributed by atoms with Crippen LogP contribution in [0.5, 0.6) is 0 Å². The van der Waals surface area contributed by atoms with Gasteiger partial charge in [0.1, 0.15) is 6.07 Å². The first-order chi connectivity index (χ1) is 15.3. The SMILES string of the molecule is N#Cc1cnc2ccc(C(=O)c3cc(NS(=O)(=O)c4ccccc4)cc(F)c3F)cc2n1. The zero-order chi connectivity index (χ0) is 22.9. The van der Waals surface area contributed by atoms with Gasteiger partial charge in [-0.2, -0.15) is 5.26 Å². The summed E-state index contributed by atoms with van der Waals surface area (Å²) in [4.78, 5) is 20.9. The van der Waals surface area contributed by atoms with Crippen LogP contribution < -0.4 is 4.72 Å². The molecule has 0 spiro atoms. The van der Waals surface area contributed by atoms with Gasteiger partial charge in [0.25, 0.3) is 10.0 Å². The fourth-order valence-corrected chi connectivity index (χ4v) is 4.05. The summed E-state index contributed by atoms with van der Waals surface area (Å²) in [6.07, 6.45) is 1.27. The van der Waals surface area contributed by atoms with Crippen molar-refractivity contribution in [2.45, 2.75) is 4.90 Å². The Morgan fingerprint density at radius 2 is 1.75 bits per heavy atom. The third kappa shape index (κ3) is 4.01. The molecule has 0 aliphatic carbocycles. The van der Waals surface area contributed by atoms with Gasteiger partial charge in [-0.15, -0.1) is 0 Å². The van der Waals surface area contributed by atoms with Crippen molar-refractivity contribution in [1.82, 2.24) is 9.97 Å². The highest BCUT2D eigenvalue weighted by molar-refractivity contribution is 7.92. The molecule has 0 atom stereocenters. The van der Waals surface area contributed by atoms with E-state index in [0.717, 1.165) is 6.07 Å². The third-order valence-electron chi connectivity index (χ3n) is 4.50. The standard InChI is InChI=1S/C22H12F2N4O3S/c23-18-10-14(28-32(30,31)16-4-2-1-3-5-16)9-17(21(18)24)22(29)13-6-7-19-20(8-13)27-15(11-25)12-26-19/h1-10,12,28H. The number of aromatic nitrogens is 2. The molecule has 158 valence electrons. The summed E-state index contributed by atoms with van der Waals surface area (Å²) in [6, 6.07) is 14.8. The molecular formula is C22H12F2N4O3S. The van der Waals surface area contributed by atoms with Crippen molar-refractivity contribution in [3.8, 4) is 6.07 Å². The molecule has 1 N–H and O–H groups in total. The molecule has 0 saturated carbocycles. The minimum atomic E-state index is -4.09. The van der Waals surface area contributed by atoms with E-state index in [2.05, 4.69) is 14.7 Å². The molecule has 0 aliphatic rings. The van der Waals surface area contributed by atoms with Crippen molar-refractivity contribution in [3.63, 3.8) is 0 Å². The monoisotopic (exact) mass is 450 g/mol. The van der Waals surface area contributed by atoms with Crippen molar-refractivity contribution in [2.75, 3.05) is 4.72 Å². The van der Waals surface area contributed by atoms with E-state index in [1.54, 1.807) is 6.07 Å². The van der Waals surface area contributed by atoms with Crippen LogP contribution in [0.25, 0.3) is 11.0 Å². The molecule has 0 bridgehead atoms. The van der Waals surface area contributed by atoms with Gasteiger partial charge < -0.3 is 0 Å². The molecule has 4 rings (SSSR count). The molecule has 0 fully saturated rings. The molecular weight excluding hydrogens is 438 g/mol. The van der Waals surface area contributed by atoms with Crippen molar-refractivity contribution < 1.29 is 22.0 Å². The molecule has 4 aromatic rings. The van der Waals surface area contributed by atoms with Crippen LogP contribution in [0, 0.1) is 23.0 Å². The number of nitrogens with one attached hydrogen (secondary N) is 1. The second-order valence-corrected chi connectivity index (χ2v) is 8.32. The molecule has 0 unspecified atom stereocenters. The van der Waals surface area contributed by atoms with Crippen molar-refractivity contribution in [1.29, 1.82) is 5.26 Å². The Morgan fingerprint density at radius 3 is 2.47 bits per heavy atom. The minimum Gasteiger partial charge on any atom is -0.288 e. The largest absolute Gasteiger partial charge is 0.288 e. The van der Waals surface area contributed by atoms with E-state index in [1.165, 1.54) is 48.7 Å². The lowest BCUT2D eigenvalue weighted by Crippen LogP contribution is -2.14. The molecule has 3 aromatic carbocycles. The normalized spacial score (nSPS) is 11.2. The first kappa shape index (κ1) is 21.0. The van der Waals surface area contributed by atoms with Gasteiger partial charge in [-0.3, -0.25) is 14.5 Å². The van der Waals surface area contributed by atoms with Gasteiger partial charge in [-0.25, -0.2) is 22.2 Å². The molecule has 10 heteroatoms. The summed E-state index contributed by atoms with van der Waals surface area (Å²) in [5.41, 5.74) is -0.379. The van der Waals surface area contributed by atoms with Crippen LogP contribution in [-0.4, -0.2) is 24.2 Å². The smallest absolute Gasteiger partial charge is 0.261 e. The van der Waals surface area contributed by atoms with Crippen molar-refractivity contribution in [2.24, 2.45) is 0 Å². The number of ketones is 1. The van der Waals surface area contributed by atoms with Gasteiger partial charge in [0.05, 0.1) is 33.4 Å². The van der Waals surface area contributed by atoms with Crippen LogP contribution in [0.4, 0.5) is 14.5 Å². The number of nitriles is 1. The van der Waals surface area contributed by atoms with Crippen LogP contribution in [0.2, 0.25) is 0 Å². The number of nitrogens with zero attached hydrogens (tertiary/aromatic N) is 3. The number of halogens is 2. The Labute approximate surface area is 181 Å². The van der Waals surface area contributed by atoms with Crippen LogP contribution >= 0.6 is 0 Å². The highest BCUT2D eigenvalue weighted by atomic mass is 32.2. The molecule has 32 heavy (non-hydrogen) atoms. The van der Waals surface area contributed by atoms with E-state index in [0.29, 0.717) is 11.6 Å². The number of carbonyl (C=O) groups is 1. The van der Waals surface area contributed by atoms with E-state index in [4.69, 9.17) is 5.26 Å². The Hall–Kier alpha value is -4.23. The van der Waals surface area contributed by atoms with Crippen molar-refractivity contribution in [3.05, 3.63) is 95.3 Å².